The molecule has 1 amide bonds. The number of carbonyl (C=O) groups is 1. The smallest absolute Gasteiger partial charge is 0.239 e. The van der Waals surface area contributed by atoms with Gasteiger partial charge in [0.2, 0.25) is 5.91 Å². The van der Waals surface area contributed by atoms with E-state index in [1.54, 1.807) is 0 Å². The Kier molecular flexibility index (Phi) is 3.82. The zero-order valence-corrected chi connectivity index (χ0v) is 10.4. The molecular weight excluding hydrogens is 202 g/mol. The van der Waals surface area contributed by atoms with Crippen molar-refractivity contribution in [2.24, 2.45) is 0 Å². The van der Waals surface area contributed by atoms with E-state index >= 15 is 0 Å². The molecule has 4 nitrogen and oxygen atoms in total. The van der Waals surface area contributed by atoms with Crippen LogP contribution in [0.4, 0.5) is 0 Å². The molecule has 16 heavy (non-hydrogen) atoms. The Bertz CT molecular complexity index is 251. The predicted octanol–water partition coefficient (Wildman–Crippen LogP) is 0.291. The average Bonchev–Trinajstić information content (AvgIpc) is 2.81. The van der Waals surface area contributed by atoms with Crippen LogP contribution in [0.3, 0.4) is 0 Å². The van der Waals surface area contributed by atoms with Crippen LogP contribution in [0.25, 0.3) is 0 Å². The van der Waals surface area contributed by atoms with E-state index in [-0.39, 0.29) is 6.04 Å². The van der Waals surface area contributed by atoms with E-state index in [1.165, 1.54) is 12.8 Å². The SMILES string of the molecule is CC(C(=O)N1CCCC1)N1CCNC[C@@H]1C. The predicted molar refractivity (Wildman–Crippen MR) is 64.3 cm³/mol. The van der Waals surface area contributed by atoms with Crippen molar-refractivity contribution in [1.29, 1.82) is 0 Å². The summed E-state index contributed by atoms with van der Waals surface area (Å²) in [4.78, 5) is 16.6. The van der Waals surface area contributed by atoms with Crippen LogP contribution in [0.15, 0.2) is 0 Å². The summed E-state index contributed by atoms with van der Waals surface area (Å²) in [5.74, 6) is 0.325. The van der Waals surface area contributed by atoms with Crippen LogP contribution >= 0.6 is 0 Å². The fraction of sp³-hybridized carbons (Fsp3) is 0.917. The standard InChI is InChI=1S/C12H23N3O/c1-10-9-13-5-8-15(10)11(2)12(16)14-6-3-4-7-14/h10-11,13H,3-9H2,1-2H3/t10-,11?/m0/s1. The van der Waals surface area contributed by atoms with Crippen LogP contribution in [0.2, 0.25) is 0 Å². The first-order valence-corrected chi connectivity index (χ1v) is 6.45. The van der Waals surface area contributed by atoms with Gasteiger partial charge in [0.25, 0.3) is 0 Å². The highest BCUT2D eigenvalue weighted by Gasteiger charge is 2.31. The number of amides is 1. The lowest BCUT2D eigenvalue weighted by molar-refractivity contribution is -0.136. The highest BCUT2D eigenvalue weighted by molar-refractivity contribution is 5.81. The minimum Gasteiger partial charge on any atom is -0.341 e. The van der Waals surface area contributed by atoms with Gasteiger partial charge in [-0.25, -0.2) is 0 Å². The number of rotatable bonds is 2. The van der Waals surface area contributed by atoms with Crippen molar-refractivity contribution in [1.82, 2.24) is 15.1 Å². The third-order valence-electron chi connectivity index (χ3n) is 3.83. The summed E-state index contributed by atoms with van der Waals surface area (Å²) in [7, 11) is 0. The third kappa shape index (κ3) is 2.38. The summed E-state index contributed by atoms with van der Waals surface area (Å²) in [5.41, 5.74) is 0. The second-order valence-electron chi connectivity index (χ2n) is 5.00. The Morgan fingerprint density at radius 1 is 1.31 bits per heavy atom. The van der Waals surface area contributed by atoms with Crippen LogP contribution in [0.1, 0.15) is 26.7 Å². The van der Waals surface area contributed by atoms with Gasteiger partial charge in [-0.2, -0.15) is 0 Å². The molecule has 4 heteroatoms. The molecule has 2 aliphatic rings. The lowest BCUT2D eigenvalue weighted by atomic mass is 10.1. The fourth-order valence-corrected chi connectivity index (χ4v) is 2.78. The van der Waals surface area contributed by atoms with Crippen molar-refractivity contribution in [3.05, 3.63) is 0 Å². The summed E-state index contributed by atoms with van der Waals surface area (Å²) in [6.07, 6.45) is 2.35. The summed E-state index contributed by atoms with van der Waals surface area (Å²) in [6.45, 7) is 9.16. The largest absolute Gasteiger partial charge is 0.341 e. The highest BCUT2D eigenvalue weighted by atomic mass is 16.2. The van der Waals surface area contributed by atoms with E-state index in [0.717, 1.165) is 32.7 Å². The van der Waals surface area contributed by atoms with Crippen molar-refractivity contribution in [3.63, 3.8) is 0 Å². The van der Waals surface area contributed by atoms with E-state index < -0.39 is 0 Å². The van der Waals surface area contributed by atoms with E-state index in [9.17, 15) is 4.79 Å². The summed E-state index contributed by atoms with van der Waals surface area (Å²) in [6, 6.07) is 0.519. The third-order valence-corrected chi connectivity index (χ3v) is 3.83. The second-order valence-corrected chi connectivity index (χ2v) is 5.00. The first-order chi connectivity index (χ1) is 7.70. The van der Waals surface area contributed by atoms with Crippen molar-refractivity contribution in [2.45, 2.75) is 38.8 Å². The Morgan fingerprint density at radius 2 is 2.00 bits per heavy atom. The topological polar surface area (TPSA) is 35.6 Å². The molecule has 0 saturated carbocycles. The van der Waals surface area contributed by atoms with Gasteiger partial charge in [0.1, 0.15) is 0 Å². The van der Waals surface area contributed by atoms with Gasteiger partial charge < -0.3 is 10.2 Å². The van der Waals surface area contributed by atoms with Gasteiger partial charge >= 0.3 is 0 Å². The van der Waals surface area contributed by atoms with Gasteiger partial charge in [-0.3, -0.25) is 9.69 Å². The van der Waals surface area contributed by atoms with Gasteiger partial charge in [0, 0.05) is 38.8 Å². The van der Waals surface area contributed by atoms with Crippen LogP contribution in [-0.4, -0.2) is 60.5 Å². The Labute approximate surface area is 98.0 Å². The minimum absolute atomic E-state index is 0.0511. The van der Waals surface area contributed by atoms with Crippen LogP contribution < -0.4 is 5.32 Å². The first-order valence-electron chi connectivity index (χ1n) is 6.45. The average molecular weight is 225 g/mol. The molecule has 2 atom stereocenters. The van der Waals surface area contributed by atoms with Gasteiger partial charge in [-0.15, -0.1) is 0 Å². The van der Waals surface area contributed by atoms with Crippen LogP contribution in [-0.2, 0) is 4.79 Å². The van der Waals surface area contributed by atoms with E-state index in [4.69, 9.17) is 0 Å². The number of piperazine rings is 1. The Hall–Kier alpha value is -0.610. The maximum Gasteiger partial charge on any atom is 0.239 e. The zero-order chi connectivity index (χ0) is 11.5. The van der Waals surface area contributed by atoms with Gasteiger partial charge in [-0.1, -0.05) is 0 Å². The highest BCUT2D eigenvalue weighted by Crippen LogP contribution is 2.14. The molecule has 0 aromatic heterocycles. The zero-order valence-electron chi connectivity index (χ0n) is 10.4. The maximum atomic E-state index is 12.3. The molecule has 0 aromatic carbocycles. The summed E-state index contributed by atoms with van der Waals surface area (Å²) < 4.78 is 0. The molecule has 1 N–H and O–H groups in total. The molecule has 0 aliphatic carbocycles. The van der Waals surface area contributed by atoms with Gasteiger partial charge in [0.15, 0.2) is 0 Å². The Morgan fingerprint density at radius 3 is 2.62 bits per heavy atom. The molecule has 2 saturated heterocycles. The van der Waals surface area contributed by atoms with Crippen molar-refractivity contribution in [2.75, 3.05) is 32.7 Å². The van der Waals surface area contributed by atoms with Gasteiger partial charge in [0.05, 0.1) is 6.04 Å². The monoisotopic (exact) mass is 225 g/mol. The van der Waals surface area contributed by atoms with E-state index in [0.29, 0.717) is 11.9 Å². The molecule has 0 bridgehead atoms. The molecule has 2 heterocycles. The number of nitrogens with zero attached hydrogens (tertiary/aromatic N) is 2. The molecule has 0 aromatic rings. The molecule has 92 valence electrons. The fourth-order valence-electron chi connectivity index (χ4n) is 2.78. The molecule has 1 unspecified atom stereocenters. The molecule has 2 aliphatic heterocycles. The van der Waals surface area contributed by atoms with Crippen molar-refractivity contribution >= 4 is 5.91 Å². The summed E-state index contributed by atoms with van der Waals surface area (Å²) in [5, 5.41) is 3.36. The van der Waals surface area contributed by atoms with Gasteiger partial charge in [-0.05, 0) is 26.7 Å². The molecule has 0 radical (unpaired) electrons. The maximum absolute atomic E-state index is 12.3. The number of hydrogen-bond donors (Lipinski definition) is 1. The molecule has 2 rings (SSSR count). The van der Waals surface area contributed by atoms with E-state index in [1.807, 2.05) is 4.90 Å². The number of nitrogens with one attached hydrogen (secondary N) is 1. The number of carbonyl (C=O) groups excluding carboxylic acids is 1. The first kappa shape index (κ1) is 11.9. The molecular formula is C12H23N3O. The minimum atomic E-state index is 0.0511. The molecule has 0 spiro atoms. The lowest BCUT2D eigenvalue weighted by Gasteiger charge is -2.38. The van der Waals surface area contributed by atoms with Crippen LogP contribution in [0, 0.1) is 0 Å². The summed E-state index contributed by atoms with van der Waals surface area (Å²) >= 11 is 0. The lowest BCUT2D eigenvalue weighted by Crippen LogP contribution is -2.57. The normalized spacial score (nSPS) is 29.4. The quantitative estimate of drug-likeness (QED) is 0.734. The van der Waals surface area contributed by atoms with Crippen molar-refractivity contribution in [3.8, 4) is 0 Å². The van der Waals surface area contributed by atoms with E-state index in [2.05, 4.69) is 24.1 Å². The molecule has 2 fully saturated rings. The second kappa shape index (κ2) is 5.15. The van der Waals surface area contributed by atoms with Crippen molar-refractivity contribution < 1.29 is 4.79 Å². The number of likely N-dealkylation sites (tertiary alicyclic amines) is 1. The Balaban J connectivity index is 1.94. The van der Waals surface area contributed by atoms with Crippen LogP contribution in [0.5, 0.6) is 0 Å². The number of hydrogen-bond acceptors (Lipinski definition) is 3.